The van der Waals surface area contributed by atoms with Crippen molar-refractivity contribution < 1.29 is 9.59 Å². The molecule has 4 N–H and O–H groups in total. The van der Waals surface area contributed by atoms with E-state index in [1.165, 1.54) is 11.4 Å². The number of carbonyl (C=O) groups is 2. The highest BCUT2D eigenvalue weighted by atomic mass is 16.2. The topological polar surface area (TPSA) is 177 Å². The number of imidazole rings is 1. The molecule has 2 aliphatic heterocycles. The largest absolute Gasteiger partial charge is 0.383 e. The summed E-state index contributed by atoms with van der Waals surface area (Å²) in [6, 6.07) is 3.85. The van der Waals surface area contributed by atoms with Crippen LogP contribution in [0, 0.1) is 6.92 Å². The zero-order valence-electron chi connectivity index (χ0n) is 22.0. The number of fused-ring (bicyclic) bond motifs is 3. The molecule has 13 heteroatoms. The van der Waals surface area contributed by atoms with Gasteiger partial charge in [0.05, 0.1) is 17.5 Å². The number of rotatable bonds is 5. The first kappa shape index (κ1) is 24.1. The highest BCUT2D eigenvalue weighted by Crippen LogP contribution is 2.45. The Morgan fingerprint density at radius 3 is 2.50 bits per heavy atom. The van der Waals surface area contributed by atoms with Gasteiger partial charge in [0.25, 0.3) is 5.91 Å². The van der Waals surface area contributed by atoms with E-state index in [2.05, 4.69) is 35.2 Å². The minimum atomic E-state index is -0.161. The maximum atomic E-state index is 13.3. The summed E-state index contributed by atoms with van der Waals surface area (Å²) in [6.07, 6.45) is 10.0. The summed E-state index contributed by atoms with van der Waals surface area (Å²) >= 11 is 0. The van der Waals surface area contributed by atoms with Gasteiger partial charge in [-0.15, -0.1) is 10.2 Å². The number of ketones is 1. The fourth-order valence-electron chi connectivity index (χ4n) is 6.29. The number of Topliss-reactive ketones (excluding diaryl/α,β-unsaturated/α-hetero) is 1. The van der Waals surface area contributed by atoms with Crippen LogP contribution in [0.3, 0.4) is 0 Å². The quantitative estimate of drug-likeness (QED) is 0.284. The number of H-pyrrole nitrogens is 2. The van der Waals surface area contributed by atoms with E-state index in [9.17, 15) is 9.59 Å². The van der Waals surface area contributed by atoms with Crippen molar-refractivity contribution in [2.24, 2.45) is 0 Å². The molecule has 7 rings (SSSR count). The molecule has 7 heterocycles. The molecule has 0 saturated carbocycles. The van der Waals surface area contributed by atoms with E-state index in [-0.39, 0.29) is 41.3 Å². The molecular weight excluding hydrogens is 510 g/mol. The Morgan fingerprint density at radius 1 is 1.07 bits per heavy atom. The molecule has 0 radical (unpaired) electrons. The summed E-state index contributed by atoms with van der Waals surface area (Å²) in [5.74, 6) is 1.48. The van der Waals surface area contributed by atoms with Gasteiger partial charge in [-0.25, -0.2) is 9.97 Å². The number of pyridine rings is 1. The number of carbonyl (C=O) groups excluding carboxylic acids is 2. The van der Waals surface area contributed by atoms with Gasteiger partial charge in [0.15, 0.2) is 17.3 Å². The molecule has 0 aromatic carbocycles. The van der Waals surface area contributed by atoms with E-state index < -0.39 is 0 Å². The van der Waals surface area contributed by atoms with Gasteiger partial charge in [-0.1, -0.05) is 6.07 Å². The van der Waals surface area contributed by atoms with Crippen LogP contribution in [0.25, 0.3) is 28.3 Å². The van der Waals surface area contributed by atoms with Crippen LogP contribution in [0.2, 0.25) is 0 Å². The van der Waals surface area contributed by atoms with Crippen molar-refractivity contribution in [2.45, 2.75) is 57.5 Å². The number of hydrogen-bond donors (Lipinski definition) is 3. The Balaban J connectivity index is 1.25. The average Bonchev–Trinajstić information content (AvgIpc) is 3.75. The molecule has 2 fully saturated rings. The highest BCUT2D eigenvalue weighted by Gasteiger charge is 2.46. The number of piperidine rings is 1. The molecule has 2 saturated heterocycles. The number of nitrogens with one attached hydrogen (secondary N) is 2. The van der Waals surface area contributed by atoms with Gasteiger partial charge >= 0.3 is 0 Å². The lowest BCUT2D eigenvalue weighted by molar-refractivity contribution is 0.0556. The number of hydrogen-bond acceptors (Lipinski definition) is 9. The van der Waals surface area contributed by atoms with Crippen molar-refractivity contribution in [1.29, 1.82) is 0 Å². The van der Waals surface area contributed by atoms with Crippen molar-refractivity contribution in [1.82, 2.24) is 49.6 Å². The van der Waals surface area contributed by atoms with Crippen LogP contribution in [0.5, 0.6) is 0 Å². The number of aromatic nitrogens is 9. The number of nitrogens with two attached hydrogens (primary N) is 1. The number of aryl methyl sites for hydroxylation is 1. The number of anilines is 1. The van der Waals surface area contributed by atoms with E-state index in [1.54, 1.807) is 31.7 Å². The van der Waals surface area contributed by atoms with Gasteiger partial charge in [0.1, 0.15) is 17.3 Å². The second kappa shape index (κ2) is 9.07. The third-order valence-electron chi connectivity index (χ3n) is 8.03. The number of nitrogen functional groups attached to an aromatic ring is 1. The third-order valence-corrected chi connectivity index (χ3v) is 8.03. The lowest BCUT2D eigenvalue weighted by Crippen LogP contribution is -2.46. The summed E-state index contributed by atoms with van der Waals surface area (Å²) < 4.78 is 1.52. The molecule has 0 spiro atoms. The smallest absolute Gasteiger partial charge is 0.292 e. The summed E-state index contributed by atoms with van der Waals surface area (Å²) in [5, 5.41) is 12.4. The SMILES string of the molecule is CC(=O)c1c([C@H]2C[C@H]3CC[C@@H](C2)N3C(=O)c2nnc(C)[nH]2)nc2c(-c3ccc(-c4ncc[nH]4)nc3)cnn2c1N. The van der Waals surface area contributed by atoms with Crippen molar-refractivity contribution >= 4 is 23.2 Å². The lowest BCUT2D eigenvalue weighted by Gasteiger charge is -2.38. The Labute approximate surface area is 228 Å². The second-order valence-electron chi connectivity index (χ2n) is 10.5. The van der Waals surface area contributed by atoms with E-state index in [4.69, 9.17) is 10.7 Å². The molecule has 0 unspecified atom stereocenters. The summed E-state index contributed by atoms with van der Waals surface area (Å²) in [6.45, 7) is 3.28. The molecule has 2 bridgehead atoms. The maximum Gasteiger partial charge on any atom is 0.292 e. The third kappa shape index (κ3) is 3.76. The van der Waals surface area contributed by atoms with E-state index in [1.807, 2.05) is 17.0 Å². The van der Waals surface area contributed by atoms with Crippen molar-refractivity contribution in [3.05, 3.63) is 59.8 Å². The van der Waals surface area contributed by atoms with E-state index >= 15 is 0 Å². The molecule has 40 heavy (non-hydrogen) atoms. The standard InChI is InChI=1S/C27H27N11O2/c1-13(39)21-22(16-9-17-4-5-18(10-16)37(17)27(40)25-33-14(2)35-36-25)34-26-19(12-32-38(26)23(21)28)15-3-6-20(31-11-15)24-29-7-8-30-24/h3,6-8,11-12,16-18H,4-5,9-10,28H2,1-2H3,(H,29,30)(H,33,35,36)/t16-,17+,18-. The number of nitrogens with zero attached hydrogens (tertiary/aromatic N) is 8. The molecule has 5 aromatic heterocycles. The van der Waals surface area contributed by atoms with Gasteiger partial charge in [-0.05, 0) is 45.6 Å². The first-order chi connectivity index (χ1) is 19.4. The maximum absolute atomic E-state index is 13.3. The van der Waals surface area contributed by atoms with Crippen LogP contribution in [0.4, 0.5) is 5.82 Å². The molecule has 0 aliphatic carbocycles. The van der Waals surface area contributed by atoms with Crippen LogP contribution in [-0.2, 0) is 0 Å². The molecule has 3 atom stereocenters. The molecular formula is C27H27N11O2. The first-order valence-electron chi connectivity index (χ1n) is 13.2. The molecule has 1 amide bonds. The predicted octanol–water partition coefficient (Wildman–Crippen LogP) is 2.94. The van der Waals surface area contributed by atoms with Crippen LogP contribution >= 0.6 is 0 Å². The van der Waals surface area contributed by atoms with Crippen LogP contribution in [0.15, 0.2) is 36.9 Å². The Kier molecular flexibility index (Phi) is 5.47. The molecule has 13 nitrogen and oxygen atoms in total. The minimum Gasteiger partial charge on any atom is -0.383 e. The van der Waals surface area contributed by atoms with Gasteiger partial charge in [-0.2, -0.15) is 9.61 Å². The Morgan fingerprint density at radius 2 is 1.88 bits per heavy atom. The Hall–Kier alpha value is -4.94. The van der Waals surface area contributed by atoms with Crippen LogP contribution < -0.4 is 5.73 Å². The highest BCUT2D eigenvalue weighted by molar-refractivity contribution is 6.00. The summed E-state index contributed by atoms with van der Waals surface area (Å²) in [5.41, 5.74) is 10.5. The summed E-state index contributed by atoms with van der Waals surface area (Å²) in [4.78, 5) is 47.9. The zero-order chi connectivity index (χ0) is 27.5. The van der Waals surface area contributed by atoms with E-state index in [0.717, 1.165) is 29.7 Å². The monoisotopic (exact) mass is 537 g/mol. The fourth-order valence-corrected chi connectivity index (χ4v) is 6.29. The van der Waals surface area contributed by atoms with E-state index in [0.29, 0.717) is 41.4 Å². The average molecular weight is 538 g/mol. The first-order valence-corrected chi connectivity index (χ1v) is 13.2. The Bertz CT molecular complexity index is 1740. The predicted molar refractivity (Wildman–Crippen MR) is 144 cm³/mol. The molecule has 5 aromatic rings. The lowest BCUT2D eigenvalue weighted by atomic mass is 9.85. The zero-order valence-corrected chi connectivity index (χ0v) is 22.0. The fraction of sp³-hybridized carbons (Fsp3) is 0.333. The normalized spacial score (nSPS) is 20.4. The molecule has 2 aliphatic rings. The number of aromatic amines is 2. The second-order valence-corrected chi connectivity index (χ2v) is 10.5. The van der Waals surface area contributed by atoms with Crippen LogP contribution in [-0.4, -0.2) is 73.4 Å². The minimum absolute atomic E-state index is 0.0171. The van der Waals surface area contributed by atoms with Gasteiger partial charge in [0.2, 0.25) is 5.82 Å². The van der Waals surface area contributed by atoms with Crippen molar-refractivity contribution in [3.8, 4) is 22.6 Å². The van der Waals surface area contributed by atoms with Gasteiger partial charge in [-0.3, -0.25) is 14.6 Å². The van der Waals surface area contributed by atoms with Crippen molar-refractivity contribution in [2.75, 3.05) is 5.73 Å². The van der Waals surface area contributed by atoms with Crippen molar-refractivity contribution in [3.63, 3.8) is 0 Å². The van der Waals surface area contributed by atoms with Gasteiger partial charge < -0.3 is 20.6 Å². The summed E-state index contributed by atoms with van der Waals surface area (Å²) in [7, 11) is 0. The number of amides is 1. The van der Waals surface area contributed by atoms with Gasteiger partial charge in [0, 0.05) is 47.7 Å². The molecule has 202 valence electrons. The van der Waals surface area contributed by atoms with Crippen LogP contribution in [0.1, 0.15) is 71.0 Å².